The molecule has 0 rings (SSSR count). The minimum absolute atomic E-state index is 0.749. The molecule has 0 radical (unpaired) electrons. The Labute approximate surface area is 53.9 Å². The van der Waals surface area contributed by atoms with Gasteiger partial charge in [0, 0.05) is 0 Å². The Balaban J connectivity index is 3.50. The third kappa shape index (κ3) is 3.58. The highest BCUT2D eigenvalue weighted by Crippen LogP contribution is 1.89. The molecule has 0 saturated heterocycles. The average molecular weight is 130 g/mol. The van der Waals surface area contributed by atoms with E-state index < -0.39 is 12.1 Å². The molecule has 9 heavy (non-hydrogen) atoms. The zero-order valence-corrected chi connectivity index (χ0v) is 5.50. The molecule has 0 heterocycles. The Kier molecular flexibility index (Phi) is 3.51. The molecule has 3 nitrogen and oxygen atoms in total. The first-order valence-electron chi connectivity index (χ1n) is 2.68. The van der Waals surface area contributed by atoms with Crippen molar-refractivity contribution in [1.82, 2.24) is 0 Å². The highest BCUT2D eigenvalue weighted by atomic mass is 16.5. The number of carboxylic acid groups (broad SMARTS) is 1. The highest BCUT2D eigenvalue weighted by Gasteiger charge is 2.07. The first-order valence-corrected chi connectivity index (χ1v) is 2.68. The Morgan fingerprint density at radius 1 is 1.78 bits per heavy atom. The van der Waals surface area contributed by atoms with E-state index in [0.717, 1.165) is 0 Å². The van der Waals surface area contributed by atoms with Crippen molar-refractivity contribution >= 4 is 5.97 Å². The molecule has 3 heteroatoms. The molecule has 0 fully saturated rings. The van der Waals surface area contributed by atoms with E-state index >= 15 is 0 Å². The monoisotopic (exact) mass is 130 g/mol. The summed E-state index contributed by atoms with van der Waals surface area (Å²) in [6, 6.07) is 0. The number of allylic oxidation sites excluding steroid dienone is 1. The van der Waals surface area contributed by atoms with E-state index in [2.05, 4.69) is 4.74 Å². The van der Waals surface area contributed by atoms with Gasteiger partial charge in [-0.05, 0) is 13.8 Å². The smallest absolute Gasteiger partial charge is 0.344 e. The van der Waals surface area contributed by atoms with Crippen molar-refractivity contribution in [2.24, 2.45) is 0 Å². The van der Waals surface area contributed by atoms with Crippen molar-refractivity contribution in [3.63, 3.8) is 0 Å². The summed E-state index contributed by atoms with van der Waals surface area (Å²) in [5.74, 6) is -0.951. The lowest BCUT2D eigenvalue weighted by molar-refractivity contribution is -0.145. The lowest BCUT2D eigenvalue weighted by Gasteiger charge is -2.03. The molecular formula is C6H10O3. The first-order chi connectivity index (χ1) is 4.18. The maximum absolute atomic E-state index is 10.0. The number of ether oxygens (including phenoxy) is 1. The zero-order chi connectivity index (χ0) is 7.28. The molecule has 0 aromatic heterocycles. The standard InChI is InChI=1S/C6H10O3/c1-3-4-9-5(2)6(7)8/h3-5H,1-2H3,(H,7,8)/b4-3+. The molecule has 0 aromatic carbocycles. The van der Waals surface area contributed by atoms with E-state index in [4.69, 9.17) is 5.11 Å². The van der Waals surface area contributed by atoms with Gasteiger partial charge in [0.1, 0.15) is 0 Å². The molecule has 0 saturated carbocycles. The molecule has 0 amide bonds. The summed E-state index contributed by atoms with van der Waals surface area (Å²) in [5.41, 5.74) is 0. The topological polar surface area (TPSA) is 46.5 Å². The number of carbonyl (C=O) groups is 1. The van der Waals surface area contributed by atoms with Gasteiger partial charge in [0.25, 0.3) is 0 Å². The van der Waals surface area contributed by atoms with Crippen LogP contribution in [0.4, 0.5) is 0 Å². The van der Waals surface area contributed by atoms with Crippen LogP contribution in [-0.4, -0.2) is 17.2 Å². The van der Waals surface area contributed by atoms with Gasteiger partial charge in [0.2, 0.25) is 0 Å². The third-order valence-corrected chi connectivity index (χ3v) is 0.767. The lowest BCUT2D eigenvalue weighted by Crippen LogP contribution is -2.16. The fraction of sp³-hybridized carbons (Fsp3) is 0.500. The van der Waals surface area contributed by atoms with Gasteiger partial charge >= 0.3 is 5.97 Å². The minimum atomic E-state index is -0.951. The van der Waals surface area contributed by atoms with E-state index in [0.29, 0.717) is 0 Å². The van der Waals surface area contributed by atoms with Crippen molar-refractivity contribution in [2.75, 3.05) is 0 Å². The summed E-state index contributed by atoms with van der Waals surface area (Å²) in [7, 11) is 0. The predicted molar refractivity (Wildman–Crippen MR) is 33.0 cm³/mol. The number of hydrogen-bond donors (Lipinski definition) is 1. The maximum atomic E-state index is 10.0. The molecule has 0 spiro atoms. The number of hydrogen-bond acceptors (Lipinski definition) is 2. The van der Waals surface area contributed by atoms with E-state index in [1.54, 1.807) is 13.0 Å². The fourth-order valence-corrected chi connectivity index (χ4v) is 0.255. The summed E-state index contributed by atoms with van der Waals surface area (Å²) < 4.78 is 4.67. The Bertz CT molecular complexity index is 117. The molecule has 0 aliphatic carbocycles. The molecule has 1 N–H and O–H groups in total. The van der Waals surface area contributed by atoms with Gasteiger partial charge in [-0.3, -0.25) is 0 Å². The molecule has 0 bridgehead atoms. The van der Waals surface area contributed by atoms with E-state index in [1.165, 1.54) is 13.2 Å². The molecule has 0 aliphatic rings. The Hall–Kier alpha value is -0.990. The van der Waals surface area contributed by atoms with Crippen LogP contribution in [0.25, 0.3) is 0 Å². The van der Waals surface area contributed by atoms with Crippen LogP contribution in [0, 0.1) is 0 Å². The summed E-state index contributed by atoms with van der Waals surface area (Å²) in [6.45, 7) is 3.23. The van der Waals surface area contributed by atoms with E-state index in [1.807, 2.05) is 0 Å². The Morgan fingerprint density at radius 2 is 2.33 bits per heavy atom. The summed E-state index contributed by atoms with van der Waals surface area (Å²) in [6.07, 6.45) is 2.25. The van der Waals surface area contributed by atoms with Crippen LogP contribution < -0.4 is 0 Å². The summed E-state index contributed by atoms with van der Waals surface area (Å²) in [5, 5.41) is 8.25. The number of aliphatic carboxylic acids is 1. The first kappa shape index (κ1) is 8.01. The summed E-state index contributed by atoms with van der Waals surface area (Å²) in [4.78, 5) is 10.0. The van der Waals surface area contributed by atoms with Gasteiger partial charge in [0.15, 0.2) is 6.10 Å². The van der Waals surface area contributed by atoms with Crippen molar-refractivity contribution in [2.45, 2.75) is 20.0 Å². The highest BCUT2D eigenvalue weighted by molar-refractivity contribution is 5.71. The fourth-order valence-electron chi connectivity index (χ4n) is 0.255. The van der Waals surface area contributed by atoms with E-state index in [-0.39, 0.29) is 0 Å². The van der Waals surface area contributed by atoms with Crippen LogP contribution in [0.1, 0.15) is 13.8 Å². The SMILES string of the molecule is C/C=C/OC(C)C(=O)O. The van der Waals surface area contributed by atoms with Crippen molar-refractivity contribution in [3.05, 3.63) is 12.3 Å². The van der Waals surface area contributed by atoms with Crippen molar-refractivity contribution in [1.29, 1.82) is 0 Å². The quantitative estimate of drug-likeness (QED) is 0.580. The van der Waals surface area contributed by atoms with Crippen molar-refractivity contribution < 1.29 is 14.6 Å². The van der Waals surface area contributed by atoms with Gasteiger partial charge in [0.05, 0.1) is 6.26 Å². The third-order valence-electron chi connectivity index (χ3n) is 0.767. The molecule has 1 atom stereocenters. The lowest BCUT2D eigenvalue weighted by atomic mass is 10.4. The van der Waals surface area contributed by atoms with Crippen LogP contribution in [0.15, 0.2) is 12.3 Å². The van der Waals surface area contributed by atoms with Crippen LogP contribution in [0.2, 0.25) is 0 Å². The number of carboxylic acids is 1. The van der Waals surface area contributed by atoms with Gasteiger partial charge in [-0.2, -0.15) is 0 Å². The van der Waals surface area contributed by atoms with Gasteiger partial charge < -0.3 is 9.84 Å². The van der Waals surface area contributed by atoms with E-state index in [9.17, 15) is 4.79 Å². The second kappa shape index (κ2) is 3.95. The average Bonchev–Trinajstić information content (AvgIpc) is 1.82. The van der Waals surface area contributed by atoms with Crippen LogP contribution in [0.3, 0.4) is 0 Å². The zero-order valence-electron chi connectivity index (χ0n) is 5.50. The van der Waals surface area contributed by atoms with Gasteiger partial charge in [-0.1, -0.05) is 6.08 Å². The largest absolute Gasteiger partial charge is 0.487 e. The minimum Gasteiger partial charge on any atom is -0.487 e. The van der Waals surface area contributed by atoms with Crippen LogP contribution in [-0.2, 0) is 9.53 Å². The van der Waals surface area contributed by atoms with Crippen LogP contribution in [0.5, 0.6) is 0 Å². The van der Waals surface area contributed by atoms with Gasteiger partial charge in [-0.15, -0.1) is 0 Å². The summed E-state index contributed by atoms with van der Waals surface area (Å²) >= 11 is 0. The molecule has 1 unspecified atom stereocenters. The number of rotatable bonds is 3. The predicted octanol–water partition coefficient (Wildman–Crippen LogP) is 1.01. The Morgan fingerprint density at radius 3 is 2.67 bits per heavy atom. The van der Waals surface area contributed by atoms with Crippen molar-refractivity contribution in [3.8, 4) is 0 Å². The second-order valence-corrected chi connectivity index (χ2v) is 1.59. The second-order valence-electron chi connectivity index (χ2n) is 1.59. The molecule has 52 valence electrons. The maximum Gasteiger partial charge on any atom is 0.344 e. The molecule has 0 aliphatic heterocycles. The van der Waals surface area contributed by atoms with Crippen LogP contribution >= 0.6 is 0 Å². The molecular weight excluding hydrogens is 120 g/mol. The van der Waals surface area contributed by atoms with Gasteiger partial charge in [-0.25, -0.2) is 4.79 Å². The normalized spacial score (nSPS) is 13.6. The molecule has 0 aromatic rings.